The molecule has 116 valence electrons. The third-order valence-electron chi connectivity index (χ3n) is 3.10. The Hall–Kier alpha value is -1.19. The maximum absolute atomic E-state index is 14.0. The molecule has 1 aromatic carbocycles. The number of benzene rings is 1. The van der Waals surface area contributed by atoms with Gasteiger partial charge in [-0.25, -0.2) is 26.7 Å². The third kappa shape index (κ3) is 3.53. The molecular formula is C12H13F2NO4S2. The molecule has 2 N–H and O–H groups in total. The zero-order valence-electron chi connectivity index (χ0n) is 10.8. The molecule has 0 unspecified atom stereocenters. The lowest BCUT2D eigenvalue weighted by atomic mass is 10.2. The van der Waals surface area contributed by atoms with Gasteiger partial charge in [0.2, 0.25) is 10.0 Å². The number of thioether (sulfide) groups is 1. The van der Waals surface area contributed by atoms with Gasteiger partial charge in [-0.05, 0) is 36.5 Å². The Bertz CT molecular complexity index is 657. The molecule has 0 radical (unpaired) electrons. The lowest BCUT2D eigenvalue weighted by molar-refractivity contribution is 0.0685. The Morgan fingerprint density at radius 3 is 2.48 bits per heavy atom. The molecule has 1 fully saturated rings. The summed E-state index contributed by atoms with van der Waals surface area (Å²) in [6.07, 6.45) is 1.22. The number of hydrogen-bond acceptors (Lipinski definition) is 4. The van der Waals surface area contributed by atoms with Crippen molar-refractivity contribution in [3.8, 4) is 0 Å². The van der Waals surface area contributed by atoms with Crippen molar-refractivity contribution in [2.24, 2.45) is 0 Å². The van der Waals surface area contributed by atoms with Crippen LogP contribution in [0.15, 0.2) is 17.0 Å². The Morgan fingerprint density at radius 2 is 1.90 bits per heavy atom. The number of hydrogen-bond donors (Lipinski definition) is 2. The summed E-state index contributed by atoms with van der Waals surface area (Å²) in [6, 6.07) is 1.04. The predicted molar refractivity (Wildman–Crippen MR) is 74.0 cm³/mol. The summed E-state index contributed by atoms with van der Waals surface area (Å²) >= 11 is 1.70. The predicted octanol–water partition coefficient (Wildman–Crippen LogP) is 1.84. The van der Waals surface area contributed by atoms with Crippen molar-refractivity contribution in [2.45, 2.75) is 23.8 Å². The van der Waals surface area contributed by atoms with Crippen molar-refractivity contribution in [2.75, 3.05) is 11.5 Å². The molecular weight excluding hydrogens is 324 g/mol. The Morgan fingerprint density at radius 1 is 1.29 bits per heavy atom. The lowest BCUT2D eigenvalue weighted by Crippen LogP contribution is -2.37. The van der Waals surface area contributed by atoms with Gasteiger partial charge in [0.25, 0.3) is 0 Å². The first kappa shape index (κ1) is 16.2. The summed E-state index contributed by atoms with van der Waals surface area (Å²) in [7, 11) is -4.23. The summed E-state index contributed by atoms with van der Waals surface area (Å²) in [5.41, 5.74) is -1.27. The van der Waals surface area contributed by atoms with E-state index in [-0.39, 0.29) is 6.04 Å². The van der Waals surface area contributed by atoms with Crippen LogP contribution in [-0.4, -0.2) is 37.0 Å². The summed E-state index contributed by atoms with van der Waals surface area (Å²) in [6.45, 7) is 0. The van der Waals surface area contributed by atoms with Gasteiger partial charge in [0.1, 0.15) is 16.3 Å². The van der Waals surface area contributed by atoms with Crippen molar-refractivity contribution in [3.05, 3.63) is 29.3 Å². The molecule has 0 aromatic heterocycles. The molecule has 0 atom stereocenters. The highest BCUT2D eigenvalue weighted by molar-refractivity contribution is 7.99. The SMILES string of the molecule is O=C(O)c1c(F)ccc(S(=O)(=O)NC2CCSCC2)c1F. The lowest BCUT2D eigenvalue weighted by Gasteiger charge is -2.22. The van der Waals surface area contributed by atoms with Crippen molar-refractivity contribution in [1.29, 1.82) is 0 Å². The Balaban J connectivity index is 2.36. The van der Waals surface area contributed by atoms with Crippen LogP contribution in [0.1, 0.15) is 23.2 Å². The number of nitrogens with one attached hydrogen (secondary N) is 1. The molecule has 9 heteroatoms. The Labute approximate surface area is 124 Å². The van der Waals surface area contributed by atoms with Crippen molar-refractivity contribution in [1.82, 2.24) is 4.72 Å². The van der Waals surface area contributed by atoms with Crippen LogP contribution >= 0.6 is 11.8 Å². The topological polar surface area (TPSA) is 83.5 Å². The van der Waals surface area contributed by atoms with Crippen LogP contribution in [0, 0.1) is 11.6 Å². The fourth-order valence-electron chi connectivity index (χ4n) is 2.04. The summed E-state index contributed by atoms with van der Waals surface area (Å²) in [4.78, 5) is 9.97. The normalized spacial score (nSPS) is 16.9. The van der Waals surface area contributed by atoms with Crippen molar-refractivity contribution in [3.63, 3.8) is 0 Å². The summed E-state index contributed by atoms with van der Waals surface area (Å²) < 4.78 is 53.9. The molecule has 0 aliphatic carbocycles. The molecule has 0 amide bonds. The highest BCUT2D eigenvalue weighted by Gasteiger charge is 2.29. The van der Waals surface area contributed by atoms with Crippen LogP contribution in [0.4, 0.5) is 8.78 Å². The van der Waals surface area contributed by atoms with Crippen LogP contribution in [0.2, 0.25) is 0 Å². The van der Waals surface area contributed by atoms with Crippen LogP contribution in [0.25, 0.3) is 0 Å². The van der Waals surface area contributed by atoms with Gasteiger partial charge in [-0.2, -0.15) is 11.8 Å². The molecule has 5 nitrogen and oxygen atoms in total. The largest absolute Gasteiger partial charge is 0.477 e. The van der Waals surface area contributed by atoms with E-state index in [0.717, 1.165) is 17.6 Å². The van der Waals surface area contributed by atoms with E-state index in [4.69, 9.17) is 5.11 Å². The number of carbonyl (C=O) groups is 1. The molecule has 0 saturated carbocycles. The average molecular weight is 337 g/mol. The van der Waals surface area contributed by atoms with Gasteiger partial charge in [0.15, 0.2) is 5.82 Å². The second-order valence-corrected chi connectivity index (χ2v) is 7.45. The zero-order chi connectivity index (χ0) is 15.6. The van der Waals surface area contributed by atoms with Gasteiger partial charge < -0.3 is 5.11 Å². The maximum Gasteiger partial charge on any atom is 0.341 e. The number of carboxylic acids is 1. The number of aromatic carboxylic acids is 1. The van der Waals surface area contributed by atoms with Crippen molar-refractivity contribution < 1.29 is 27.1 Å². The first-order chi connectivity index (χ1) is 9.83. The average Bonchev–Trinajstić information content (AvgIpc) is 2.38. The van der Waals surface area contributed by atoms with Crippen molar-refractivity contribution >= 4 is 27.8 Å². The monoisotopic (exact) mass is 337 g/mol. The number of rotatable bonds is 4. The third-order valence-corrected chi connectivity index (χ3v) is 5.69. The molecule has 1 heterocycles. The first-order valence-corrected chi connectivity index (χ1v) is 8.78. The maximum atomic E-state index is 14.0. The van der Waals surface area contributed by atoms with E-state index in [9.17, 15) is 22.0 Å². The minimum atomic E-state index is -4.23. The molecule has 1 aromatic rings. The Kier molecular flexibility index (Phi) is 4.84. The minimum Gasteiger partial charge on any atom is -0.477 e. The second-order valence-electron chi connectivity index (χ2n) is 4.55. The van der Waals surface area contributed by atoms with Gasteiger partial charge in [-0.1, -0.05) is 0 Å². The highest BCUT2D eigenvalue weighted by atomic mass is 32.2. The highest BCUT2D eigenvalue weighted by Crippen LogP contribution is 2.23. The minimum absolute atomic E-state index is 0.325. The van der Waals surface area contributed by atoms with Gasteiger partial charge in [-0.3, -0.25) is 0 Å². The molecule has 21 heavy (non-hydrogen) atoms. The van der Waals surface area contributed by atoms with Gasteiger partial charge >= 0.3 is 5.97 Å². The molecule has 2 rings (SSSR count). The van der Waals surface area contributed by atoms with E-state index in [1.165, 1.54) is 0 Å². The van der Waals surface area contributed by atoms with E-state index in [1.54, 1.807) is 11.8 Å². The standard InChI is InChI=1S/C12H13F2NO4S2/c13-8-1-2-9(11(14)10(8)12(16)17)21(18,19)15-7-3-5-20-6-4-7/h1-2,7,15H,3-6H2,(H,16,17). The number of sulfonamides is 1. The van der Waals surface area contributed by atoms with E-state index < -0.39 is 38.1 Å². The van der Waals surface area contributed by atoms with Crippen LogP contribution < -0.4 is 4.72 Å². The van der Waals surface area contributed by atoms with Gasteiger partial charge in [0.05, 0.1) is 0 Å². The molecule has 0 spiro atoms. The summed E-state index contributed by atoms with van der Waals surface area (Å²) in [5.74, 6) is -3.16. The quantitative estimate of drug-likeness (QED) is 0.876. The zero-order valence-corrected chi connectivity index (χ0v) is 12.4. The van der Waals surface area contributed by atoms with E-state index in [2.05, 4.69) is 4.72 Å². The molecule has 1 aliphatic rings. The van der Waals surface area contributed by atoms with Crippen LogP contribution in [-0.2, 0) is 10.0 Å². The van der Waals surface area contributed by atoms with E-state index >= 15 is 0 Å². The smallest absolute Gasteiger partial charge is 0.341 e. The molecule has 0 bridgehead atoms. The fraction of sp³-hybridized carbons (Fsp3) is 0.417. The van der Waals surface area contributed by atoms with E-state index in [1.807, 2.05) is 0 Å². The first-order valence-electron chi connectivity index (χ1n) is 6.14. The number of halogens is 2. The second kappa shape index (κ2) is 6.29. The fourth-order valence-corrected chi connectivity index (χ4v) is 4.53. The molecule has 1 saturated heterocycles. The van der Waals surface area contributed by atoms with Gasteiger partial charge in [-0.15, -0.1) is 0 Å². The van der Waals surface area contributed by atoms with Crippen LogP contribution in [0.5, 0.6) is 0 Å². The summed E-state index contributed by atoms with van der Waals surface area (Å²) in [5, 5.41) is 8.76. The van der Waals surface area contributed by atoms with E-state index in [0.29, 0.717) is 18.9 Å². The number of carboxylic acid groups (broad SMARTS) is 1. The van der Waals surface area contributed by atoms with Gasteiger partial charge in [0, 0.05) is 6.04 Å². The van der Waals surface area contributed by atoms with Crippen LogP contribution in [0.3, 0.4) is 0 Å². The molecule has 1 aliphatic heterocycles.